The molecule has 1 rings (SSSR count). The van der Waals surface area contributed by atoms with E-state index in [1.807, 2.05) is 13.8 Å². The minimum atomic E-state index is -0.552. The van der Waals surface area contributed by atoms with E-state index in [1.165, 1.54) is 9.13 Å². The van der Waals surface area contributed by atoms with Crippen molar-refractivity contribution in [1.82, 2.24) is 5.32 Å². The normalized spacial score (nSPS) is 11.8. The van der Waals surface area contributed by atoms with Crippen LogP contribution >= 0.6 is 22.6 Å². The molecule has 3 heteroatoms. The van der Waals surface area contributed by atoms with Crippen LogP contribution in [0, 0.1) is 3.57 Å². The van der Waals surface area contributed by atoms with Crippen molar-refractivity contribution in [2.24, 2.45) is 0 Å². The molecule has 0 aliphatic carbocycles. The Balaban J connectivity index is 2.38. The van der Waals surface area contributed by atoms with Crippen LogP contribution < -0.4 is 5.32 Å². The van der Waals surface area contributed by atoms with Crippen LogP contribution in [-0.4, -0.2) is 17.3 Å². The third-order valence-corrected chi connectivity index (χ3v) is 3.73. The summed E-state index contributed by atoms with van der Waals surface area (Å²) in [4.78, 5) is 0. The monoisotopic (exact) mass is 333 g/mol. The van der Waals surface area contributed by atoms with Crippen LogP contribution in [0.15, 0.2) is 24.3 Å². The zero-order valence-corrected chi connectivity index (χ0v) is 12.1. The molecule has 1 aromatic rings. The number of hydrogen-bond acceptors (Lipinski definition) is 2. The first-order valence-electron chi connectivity index (χ1n) is 5.77. The summed E-state index contributed by atoms with van der Waals surface area (Å²) in [7, 11) is 0. The average Bonchev–Trinajstić information content (AvgIpc) is 2.31. The van der Waals surface area contributed by atoms with E-state index in [9.17, 15) is 5.11 Å². The van der Waals surface area contributed by atoms with Crippen LogP contribution in [0.1, 0.15) is 32.3 Å². The molecule has 0 radical (unpaired) electrons. The SMILES string of the molecule is CCC(O)(CC)CNCc1ccc(I)cc1. The zero-order valence-electron chi connectivity index (χ0n) is 9.96. The highest BCUT2D eigenvalue weighted by atomic mass is 127. The molecule has 0 aliphatic heterocycles. The summed E-state index contributed by atoms with van der Waals surface area (Å²) in [5, 5.41) is 13.4. The molecule has 2 N–H and O–H groups in total. The van der Waals surface area contributed by atoms with Gasteiger partial charge in [-0.05, 0) is 53.1 Å². The molecule has 0 atom stereocenters. The van der Waals surface area contributed by atoms with Crippen molar-refractivity contribution >= 4 is 22.6 Å². The third kappa shape index (κ3) is 4.39. The summed E-state index contributed by atoms with van der Waals surface area (Å²) in [6.45, 7) is 5.53. The van der Waals surface area contributed by atoms with Gasteiger partial charge in [0.25, 0.3) is 0 Å². The Kier molecular flexibility index (Phi) is 5.72. The van der Waals surface area contributed by atoms with Crippen molar-refractivity contribution in [2.45, 2.75) is 38.8 Å². The molecule has 0 aliphatic rings. The van der Waals surface area contributed by atoms with Gasteiger partial charge < -0.3 is 10.4 Å². The fourth-order valence-corrected chi connectivity index (χ4v) is 1.90. The summed E-state index contributed by atoms with van der Waals surface area (Å²) >= 11 is 2.30. The Labute approximate surface area is 112 Å². The average molecular weight is 333 g/mol. The summed E-state index contributed by atoms with van der Waals surface area (Å²) in [5.41, 5.74) is 0.707. The highest BCUT2D eigenvalue weighted by Crippen LogP contribution is 2.13. The lowest BCUT2D eigenvalue weighted by molar-refractivity contribution is 0.0323. The summed E-state index contributed by atoms with van der Waals surface area (Å²) in [6.07, 6.45) is 1.59. The van der Waals surface area contributed by atoms with E-state index in [2.05, 4.69) is 52.2 Å². The van der Waals surface area contributed by atoms with E-state index in [4.69, 9.17) is 0 Å². The van der Waals surface area contributed by atoms with E-state index in [0.29, 0.717) is 6.54 Å². The number of halogens is 1. The van der Waals surface area contributed by atoms with Crippen molar-refractivity contribution in [1.29, 1.82) is 0 Å². The number of aliphatic hydroxyl groups is 1. The predicted molar refractivity (Wildman–Crippen MR) is 76.4 cm³/mol. The lowest BCUT2D eigenvalue weighted by Gasteiger charge is -2.25. The first kappa shape index (κ1) is 13.9. The van der Waals surface area contributed by atoms with E-state index < -0.39 is 5.60 Å². The number of nitrogens with one attached hydrogen (secondary N) is 1. The van der Waals surface area contributed by atoms with Crippen molar-refractivity contribution in [2.75, 3.05) is 6.54 Å². The third-order valence-electron chi connectivity index (χ3n) is 3.01. The topological polar surface area (TPSA) is 32.3 Å². The van der Waals surface area contributed by atoms with Crippen LogP contribution in [0.4, 0.5) is 0 Å². The summed E-state index contributed by atoms with van der Waals surface area (Å²) in [6, 6.07) is 8.43. The first-order valence-corrected chi connectivity index (χ1v) is 6.85. The standard InChI is InChI=1S/C13H20INO/c1-3-13(16,4-2)10-15-9-11-5-7-12(14)8-6-11/h5-8,15-16H,3-4,9-10H2,1-2H3. The van der Waals surface area contributed by atoms with Crippen LogP contribution in [-0.2, 0) is 6.54 Å². The molecule has 0 spiro atoms. The predicted octanol–water partition coefficient (Wildman–Crippen LogP) is 2.93. The smallest absolute Gasteiger partial charge is 0.0766 e. The molecule has 1 aromatic carbocycles. The van der Waals surface area contributed by atoms with E-state index >= 15 is 0 Å². The highest BCUT2D eigenvalue weighted by Gasteiger charge is 2.20. The fraction of sp³-hybridized carbons (Fsp3) is 0.538. The molecular formula is C13H20INO. The van der Waals surface area contributed by atoms with E-state index in [0.717, 1.165) is 19.4 Å². The quantitative estimate of drug-likeness (QED) is 0.785. The molecule has 0 aromatic heterocycles. The van der Waals surface area contributed by atoms with Gasteiger partial charge in [-0.1, -0.05) is 26.0 Å². The Morgan fingerprint density at radius 3 is 2.25 bits per heavy atom. The second-order valence-corrected chi connectivity index (χ2v) is 5.41. The lowest BCUT2D eigenvalue weighted by atomic mass is 9.97. The van der Waals surface area contributed by atoms with Crippen molar-refractivity contribution in [3.8, 4) is 0 Å². The Morgan fingerprint density at radius 2 is 1.75 bits per heavy atom. The maximum absolute atomic E-state index is 10.1. The molecule has 0 saturated heterocycles. The summed E-state index contributed by atoms with van der Waals surface area (Å²) < 4.78 is 1.25. The molecule has 0 fully saturated rings. The van der Waals surface area contributed by atoms with Gasteiger partial charge in [0.15, 0.2) is 0 Å². The lowest BCUT2D eigenvalue weighted by Crippen LogP contribution is -2.39. The minimum absolute atomic E-state index is 0.552. The van der Waals surface area contributed by atoms with Gasteiger partial charge >= 0.3 is 0 Å². The van der Waals surface area contributed by atoms with Crippen LogP contribution in [0.5, 0.6) is 0 Å². The first-order chi connectivity index (χ1) is 7.59. The zero-order chi connectivity index (χ0) is 12.0. The largest absolute Gasteiger partial charge is 0.389 e. The van der Waals surface area contributed by atoms with Crippen molar-refractivity contribution in [3.05, 3.63) is 33.4 Å². The van der Waals surface area contributed by atoms with Gasteiger partial charge in [-0.15, -0.1) is 0 Å². The van der Waals surface area contributed by atoms with Gasteiger partial charge in [0.1, 0.15) is 0 Å². The van der Waals surface area contributed by atoms with Crippen LogP contribution in [0.25, 0.3) is 0 Å². The molecule has 0 bridgehead atoms. The van der Waals surface area contributed by atoms with E-state index in [-0.39, 0.29) is 0 Å². The van der Waals surface area contributed by atoms with Crippen molar-refractivity contribution in [3.63, 3.8) is 0 Å². The molecule has 0 heterocycles. The molecule has 0 unspecified atom stereocenters. The Morgan fingerprint density at radius 1 is 1.19 bits per heavy atom. The van der Waals surface area contributed by atoms with Gasteiger partial charge in [0.2, 0.25) is 0 Å². The minimum Gasteiger partial charge on any atom is -0.389 e. The van der Waals surface area contributed by atoms with Crippen LogP contribution in [0.3, 0.4) is 0 Å². The number of benzene rings is 1. The number of rotatable bonds is 6. The maximum atomic E-state index is 10.1. The molecule has 0 saturated carbocycles. The van der Waals surface area contributed by atoms with Gasteiger partial charge in [0.05, 0.1) is 5.60 Å². The van der Waals surface area contributed by atoms with Crippen LogP contribution in [0.2, 0.25) is 0 Å². The molecule has 90 valence electrons. The van der Waals surface area contributed by atoms with E-state index in [1.54, 1.807) is 0 Å². The van der Waals surface area contributed by atoms with Gasteiger partial charge in [-0.25, -0.2) is 0 Å². The molecule has 16 heavy (non-hydrogen) atoms. The molecule has 2 nitrogen and oxygen atoms in total. The Hall–Kier alpha value is -0.130. The molecule has 0 amide bonds. The van der Waals surface area contributed by atoms with Crippen molar-refractivity contribution < 1.29 is 5.11 Å². The van der Waals surface area contributed by atoms with Gasteiger partial charge in [-0.2, -0.15) is 0 Å². The fourth-order valence-electron chi connectivity index (χ4n) is 1.54. The number of hydrogen-bond donors (Lipinski definition) is 2. The second-order valence-electron chi connectivity index (χ2n) is 4.16. The van der Waals surface area contributed by atoms with Gasteiger partial charge in [0, 0.05) is 16.7 Å². The maximum Gasteiger partial charge on any atom is 0.0766 e. The van der Waals surface area contributed by atoms with Gasteiger partial charge in [-0.3, -0.25) is 0 Å². The molecular weight excluding hydrogens is 313 g/mol. The second kappa shape index (κ2) is 6.57. The Bertz CT molecular complexity index is 306. The highest BCUT2D eigenvalue weighted by molar-refractivity contribution is 14.1. The summed E-state index contributed by atoms with van der Waals surface area (Å²) in [5.74, 6) is 0.